The molecule has 0 amide bonds. The fraction of sp³-hybridized carbons (Fsp3) is 1.00. The lowest BCUT2D eigenvalue weighted by Gasteiger charge is -2.23. The van der Waals surface area contributed by atoms with Crippen molar-refractivity contribution in [2.45, 2.75) is 46.6 Å². The SMILES string of the molecule is CCCS(=O)(=O)CCC(C(C)C)C(C)O. The summed E-state index contributed by atoms with van der Waals surface area (Å²) in [6.45, 7) is 7.64. The highest BCUT2D eigenvalue weighted by Gasteiger charge is 2.21. The van der Waals surface area contributed by atoms with Crippen molar-refractivity contribution in [3.8, 4) is 0 Å². The first-order chi connectivity index (χ1) is 6.80. The van der Waals surface area contributed by atoms with Crippen LogP contribution in [0.25, 0.3) is 0 Å². The summed E-state index contributed by atoms with van der Waals surface area (Å²) in [5, 5.41) is 9.51. The summed E-state index contributed by atoms with van der Waals surface area (Å²) in [5.74, 6) is 0.866. The van der Waals surface area contributed by atoms with Crippen molar-refractivity contribution in [3.05, 3.63) is 0 Å². The standard InChI is InChI=1S/C11H24O3S/c1-5-7-15(13,14)8-6-11(9(2)3)10(4)12/h9-12H,5-8H2,1-4H3. The van der Waals surface area contributed by atoms with Gasteiger partial charge in [-0.25, -0.2) is 8.42 Å². The third-order valence-electron chi connectivity index (χ3n) is 2.75. The van der Waals surface area contributed by atoms with Gasteiger partial charge in [-0.15, -0.1) is 0 Å². The van der Waals surface area contributed by atoms with Gasteiger partial charge in [0.05, 0.1) is 11.9 Å². The molecule has 0 aromatic carbocycles. The molecule has 0 aliphatic rings. The quantitative estimate of drug-likeness (QED) is 0.734. The van der Waals surface area contributed by atoms with Gasteiger partial charge in [-0.1, -0.05) is 20.8 Å². The van der Waals surface area contributed by atoms with E-state index in [2.05, 4.69) is 0 Å². The summed E-state index contributed by atoms with van der Waals surface area (Å²) in [6.07, 6.45) is 0.808. The Morgan fingerprint density at radius 3 is 2.00 bits per heavy atom. The zero-order chi connectivity index (χ0) is 12.1. The molecular weight excluding hydrogens is 212 g/mol. The molecule has 0 saturated heterocycles. The molecule has 2 atom stereocenters. The first-order valence-electron chi connectivity index (χ1n) is 5.68. The van der Waals surface area contributed by atoms with Crippen LogP contribution in [0.4, 0.5) is 0 Å². The summed E-state index contributed by atoms with van der Waals surface area (Å²) in [5.41, 5.74) is 0. The molecule has 0 bridgehead atoms. The largest absolute Gasteiger partial charge is 0.393 e. The molecule has 15 heavy (non-hydrogen) atoms. The van der Waals surface area contributed by atoms with E-state index in [1.54, 1.807) is 6.92 Å². The molecule has 0 saturated carbocycles. The third kappa shape index (κ3) is 6.15. The lowest BCUT2D eigenvalue weighted by Crippen LogP contribution is -2.25. The molecule has 0 aliphatic carbocycles. The summed E-state index contributed by atoms with van der Waals surface area (Å²) in [6, 6.07) is 0. The van der Waals surface area contributed by atoms with Crippen LogP contribution < -0.4 is 0 Å². The molecule has 2 unspecified atom stereocenters. The van der Waals surface area contributed by atoms with Gasteiger partial charge in [0.25, 0.3) is 0 Å². The number of aliphatic hydroxyl groups excluding tert-OH is 1. The Morgan fingerprint density at radius 2 is 1.67 bits per heavy atom. The van der Waals surface area contributed by atoms with Crippen molar-refractivity contribution >= 4 is 9.84 Å². The predicted molar refractivity (Wildman–Crippen MR) is 63.6 cm³/mol. The average Bonchev–Trinajstić information content (AvgIpc) is 2.01. The van der Waals surface area contributed by atoms with Crippen LogP contribution in [0.3, 0.4) is 0 Å². The van der Waals surface area contributed by atoms with Gasteiger partial charge in [-0.05, 0) is 31.6 Å². The highest BCUT2D eigenvalue weighted by atomic mass is 32.2. The Labute approximate surface area is 93.8 Å². The van der Waals surface area contributed by atoms with Crippen LogP contribution in [-0.2, 0) is 9.84 Å². The zero-order valence-corrected chi connectivity index (χ0v) is 11.0. The van der Waals surface area contributed by atoms with Gasteiger partial charge in [0.2, 0.25) is 0 Å². The molecule has 0 radical (unpaired) electrons. The number of hydrogen-bond acceptors (Lipinski definition) is 3. The molecule has 0 spiro atoms. The number of aliphatic hydroxyl groups is 1. The first kappa shape index (κ1) is 14.9. The van der Waals surface area contributed by atoms with Crippen molar-refractivity contribution in [2.75, 3.05) is 11.5 Å². The third-order valence-corrected chi connectivity index (χ3v) is 4.64. The lowest BCUT2D eigenvalue weighted by molar-refractivity contribution is 0.0956. The van der Waals surface area contributed by atoms with Crippen molar-refractivity contribution in [1.82, 2.24) is 0 Å². The average molecular weight is 236 g/mol. The fourth-order valence-electron chi connectivity index (χ4n) is 1.86. The smallest absolute Gasteiger partial charge is 0.150 e. The van der Waals surface area contributed by atoms with E-state index in [9.17, 15) is 13.5 Å². The Balaban J connectivity index is 4.22. The Kier molecular flexibility index (Phi) is 6.44. The number of sulfone groups is 1. The van der Waals surface area contributed by atoms with Gasteiger partial charge >= 0.3 is 0 Å². The maximum Gasteiger partial charge on any atom is 0.150 e. The molecule has 1 N–H and O–H groups in total. The summed E-state index contributed by atoms with van der Waals surface area (Å²) >= 11 is 0. The van der Waals surface area contributed by atoms with E-state index >= 15 is 0 Å². The van der Waals surface area contributed by atoms with Gasteiger partial charge in [0, 0.05) is 5.75 Å². The topological polar surface area (TPSA) is 54.4 Å². The molecule has 0 aliphatic heterocycles. The summed E-state index contributed by atoms with van der Waals surface area (Å²) in [4.78, 5) is 0. The van der Waals surface area contributed by atoms with Crippen LogP contribution in [0.1, 0.15) is 40.5 Å². The van der Waals surface area contributed by atoms with E-state index in [0.717, 1.165) is 0 Å². The van der Waals surface area contributed by atoms with Crippen LogP contribution in [-0.4, -0.2) is 31.1 Å². The van der Waals surface area contributed by atoms with Crippen molar-refractivity contribution in [2.24, 2.45) is 11.8 Å². The molecule has 0 heterocycles. The molecule has 0 aromatic heterocycles. The molecule has 92 valence electrons. The monoisotopic (exact) mass is 236 g/mol. The summed E-state index contributed by atoms with van der Waals surface area (Å²) in [7, 11) is -2.90. The second kappa shape index (κ2) is 6.48. The molecule has 0 rings (SSSR count). The minimum Gasteiger partial charge on any atom is -0.393 e. The van der Waals surface area contributed by atoms with Crippen LogP contribution in [0.5, 0.6) is 0 Å². The number of hydrogen-bond donors (Lipinski definition) is 1. The molecule has 3 nitrogen and oxygen atoms in total. The highest BCUT2D eigenvalue weighted by Crippen LogP contribution is 2.20. The van der Waals surface area contributed by atoms with Crippen molar-refractivity contribution in [3.63, 3.8) is 0 Å². The Morgan fingerprint density at radius 1 is 1.13 bits per heavy atom. The van der Waals surface area contributed by atoms with Crippen LogP contribution in [0.15, 0.2) is 0 Å². The normalized spacial score (nSPS) is 16.7. The van der Waals surface area contributed by atoms with Gasteiger partial charge in [0.15, 0.2) is 0 Å². The zero-order valence-electron chi connectivity index (χ0n) is 10.2. The second-order valence-corrected chi connectivity index (χ2v) is 6.89. The lowest BCUT2D eigenvalue weighted by atomic mass is 9.89. The Hall–Kier alpha value is -0.0900. The maximum absolute atomic E-state index is 11.5. The van der Waals surface area contributed by atoms with E-state index in [-0.39, 0.29) is 17.4 Å². The fourth-order valence-corrected chi connectivity index (χ4v) is 3.32. The molecule has 0 fully saturated rings. The molecule has 0 aromatic rings. The molecular formula is C11H24O3S. The van der Waals surface area contributed by atoms with E-state index < -0.39 is 15.9 Å². The van der Waals surface area contributed by atoms with E-state index in [4.69, 9.17) is 0 Å². The first-order valence-corrected chi connectivity index (χ1v) is 7.50. The summed E-state index contributed by atoms with van der Waals surface area (Å²) < 4.78 is 23.0. The minimum absolute atomic E-state index is 0.0802. The van der Waals surface area contributed by atoms with Crippen LogP contribution in [0.2, 0.25) is 0 Å². The maximum atomic E-state index is 11.5. The van der Waals surface area contributed by atoms with Gasteiger partial charge in [0.1, 0.15) is 9.84 Å². The Bertz CT molecular complexity index is 247. The number of rotatable bonds is 7. The van der Waals surface area contributed by atoms with Crippen molar-refractivity contribution in [1.29, 1.82) is 0 Å². The van der Waals surface area contributed by atoms with E-state index in [1.165, 1.54) is 0 Å². The minimum atomic E-state index is -2.90. The van der Waals surface area contributed by atoms with E-state index in [0.29, 0.717) is 18.8 Å². The van der Waals surface area contributed by atoms with Gasteiger partial charge < -0.3 is 5.11 Å². The van der Waals surface area contributed by atoms with Crippen molar-refractivity contribution < 1.29 is 13.5 Å². The second-order valence-electron chi connectivity index (χ2n) is 4.59. The van der Waals surface area contributed by atoms with Crippen LogP contribution >= 0.6 is 0 Å². The predicted octanol–water partition coefficient (Wildman–Crippen LogP) is 1.85. The highest BCUT2D eigenvalue weighted by molar-refractivity contribution is 7.91. The van der Waals surface area contributed by atoms with Gasteiger partial charge in [-0.2, -0.15) is 0 Å². The van der Waals surface area contributed by atoms with Gasteiger partial charge in [-0.3, -0.25) is 0 Å². The van der Waals surface area contributed by atoms with E-state index in [1.807, 2.05) is 20.8 Å². The van der Waals surface area contributed by atoms with Crippen LogP contribution in [0, 0.1) is 11.8 Å². The molecule has 4 heteroatoms.